The molecule has 4 nitrogen and oxygen atoms in total. The molecule has 0 fully saturated rings. The van der Waals surface area contributed by atoms with Crippen LogP contribution in [0.3, 0.4) is 0 Å². The van der Waals surface area contributed by atoms with E-state index in [1.165, 1.54) is 0 Å². The van der Waals surface area contributed by atoms with Crippen LogP contribution in [0.2, 0.25) is 0 Å². The molecule has 2 unspecified atom stereocenters. The molecule has 0 aromatic carbocycles. The van der Waals surface area contributed by atoms with Gasteiger partial charge in [0.25, 0.3) is 0 Å². The average molecular weight is 205 g/mol. The van der Waals surface area contributed by atoms with Gasteiger partial charge in [0.1, 0.15) is 6.61 Å². The SMILES string of the molecule is CCOC[CH]OC(C)COCC(C)O. The van der Waals surface area contributed by atoms with Crippen LogP contribution in [0.25, 0.3) is 0 Å². The Balaban J connectivity index is 3.15. The fourth-order valence-corrected chi connectivity index (χ4v) is 0.813. The molecule has 0 spiro atoms. The normalized spacial score (nSPS) is 15.4. The molecule has 0 saturated carbocycles. The van der Waals surface area contributed by atoms with Gasteiger partial charge in [0, 0.05) is 6.61 Å². The standard InChI is InChI=1S/C10H21O4/c1-4-12-5-6-14-10(3)8-13-7-9(2)11/h6,9-11H,4-5,7-8H2,1-3H3. The summed E-state index contributed by atoms with van der Waals surface area (Å²) in [6.07, 6.45) is -0.427. The van der Waals surface area contributed by atoms with Gasteiger partial charge in [0.15, 0.2) is 0 Å². The summed E-state index contributed by atoms with van der Waals surface area (Å²) in [7, 11) is 0. The van der Waals surface area contributed by atoms with E-state index in [-0.39, 0.29) is 6.10 Å². The monoisotopic (exact) mass is 205 g/mol. The Labute approximate surface area is 86.2 Å². The van der Waals surface area contributed by atoms with Crippen LogP contribution in [-0.4, -0.2) is 43.7 Å². The first-order valence-corrected chi connectivity index (χ1v) is 4.97. The van der Waals surface area contributed by atoms with Crippen molar-refractivity contribution in [3.8, 4) is 0 Å². The maximum Gasteiger partial charge on any atom is 0.110 e. The Morgan fingerprint density at radius 1 is 1.21 bits per heavy atom. The molecule has 0 rings (SSSR count). The van der Waals surface area contributed by atoms with Gasteiger partial charge in [-0.25, -0.2) is 0 Å². The summed E-state index contributed by atoms with van der Waals surface area (Å²) < 4.78 is 15.5. The van der Waals surface area contributed by atoms with E-state index in [4.69, 9.17) is 19.3 Å². The van der Waals surface area contributed by atoms with Crippen LogP contribution in [0.4, 0.5) is 0 Å². The lowest BCUT2D eigenvalue weighted by Crippen LogP contribution is -2.20. The highest BCUT2D eigenvalue weighted by molar-refractivity contribution is 4.55. The lowest BCUT2D eigenvalue weighted by atomic mass is 10.4. The lowest BCUT2D eigenvalue weighted by Gasteiger charge is -2.13. The maximum atomic E-state index is 8.92. The van der Waals surface area contributed by atoms with Crippen LogP contribution >= 0.6 is 0 Å². The van der Waals surface area contributed by atoms with E-state index in [2.05, 4.69) is 0 Å². The quantitative estimate of drug-likeness (QED) is 0.570. The molecule has 0 bridgehead atoms. The molecule has 1 radical (unpaired) electrons. The van der Waals surface area contributed by atoms with Crippen LogP contribution in [0.1, 0.15) is 20.8 Å². The maximum absolute atomic E-state index is 8.92. The highest BCUT2D eigenvalue weighted by atomic mass is 16.6. The van der Waals surface area contributed by atoms with Crippen LogP contribution < -0.4 is 0 Å². The fraction of sp³-hybridized carbons (Fsp3) is 0.900. The lowest BCUT2D eigenvalue weighted by molar-refractivity contribution is -0.0199. The van der Waals surface area contributed by atoms with E-state index in [1.807, 2.05) is 13.8 Å². The molecule has 0 aromatic heterocycles. The fourth-order valence-electron chi connectivity index (χ4n) is 0.813. The first-order valence-electron chi connectivity index (χ1n) is 4.97. The number of aliphatic hydroxyl groups is 1. The number of ether oxygens (including phenoxy) is 3. The van der Waals surface area contributed by atoms with Gasteiger partial charge in [0.05, 0.1) is 32.0 Å². The second kappa shape index (κ2) is 9.40. The summed E-state index contributed by atoms with van der Waals surface area (Å²) >= 11 is 0. The molecule has 0 heterocycles. The van der Waals surface area contributed by atoms with Gasteiger partial charge in [-0.05, 0) is 20.8 Å². The van der Waals surface area contributed by atoms with E-state index >= 15 is 0 Å². The van der Waals surface area contributed by atoms with Gasteiger partial charge in [0.2, 0.25) is 0 Å². The Bertz CT molecular complexity index is 117. The second-order valence-electron chi connectivity index (χ2n) is 3.16. The van der Waals surface area contributed by atoms with Crippen molar-refractivity contribution in [1.82, 2.24) is 0 Å². The molecular weight excluding hydrogens is 184 g/mol. The summed E-state index contributed by atoms with van der Waals surface area (Å²) in [4.78, 5) is 0. The summed E-state index contributed by atoms with van der Waals surface area (Å²) in [5.41, 5.74) is 0. The zero-order chi connectivity index (χ0) is 10.8. The van der Waals surface area contributed by atoms with E-state index in [0.29, 0.717) is 26.4 Å². The average Bonchev–Trinajstić information content (AvgIpc) is 2.12. The topological polar surface area (TPSA) is 47.9 Å². The number of aliphatic hydroxyl groups excluding tert-OH is 1. The Hall–Kier alpha value is -0.160. The first kappa shape index (κ1) is 13.8. The molecule has 1 N–H and O–H groups in total. The first-order chi connectivity index (χ1) is 6.66. The molecule has 0 aliphatic heterocycles. The molecule has 0 amide bonds. The van der Waals surface area contributed by atoms with Crippen molar-refractivity contribution in [1.29, 1.82) is 0 Å². The van der Waals surface area contributed by atoms with Gasteiger partial charge in [-0.15, -0.1) is 0 Å². The van der Waals surface area contributed by atoms with E-state index < -0.39 is 6.10 Å². The van der Waals surface area contributed by atoms with Gasteiger partial charge in [-0.2, -0.15) is 0 Å². The van der Waals surface area contributed by atoms with E-state index in [0.717, 1.165) is 0 Å². The molecule has 0 aliphatic rings. The Morgan fingerprint density at radius 3 is 2.50 bits per heavy atom. The van der Waals surface area contributed by atoms with Crippen LogP contribution in [0.5, 0.6) is 0 Å². The minimum Gasteiger partial charge on any atom is -0.391 e. The zero-order valence-corrected chi connectivity index (χ0v) is 9.23. The van der Waals surface area contributed by atoms with E-state index in [9.17, 15) is 0 Å². The van der Waals surface area contributed by atoms with Crippen molar-refractivity contribution in [3.05, 3.63) is 6.61 Å². The summed E-state index contributed by atoms with van der Waals surface area (Å²) in [6.45, 7) is 9.16. The predicted molar refractivity (Wildman–Crippen MR) is 53.8 cm³/mol. The predicted octanol–water partition coefficient (Wildman–Crippen LogP) is 0.987. The smallest absolute Gasteiger partial charge is 0.110 e. The summed E-state index contributed by atoms with van der Waals surface area (Å²) in [5, 5.41) is 8.92. The third kappa shape index (κ3) is 9.92. The number of hydrogen-bond acceptors (Lipinski definition) is 4. The van der Waals surface area contributed by atoms with Crippen molar-refractivity contribution in [2.45, 2.75) is 33.0 Å². The molecule has 0 aromatic rings. The van der Waals surface area contributed by atoms with Crippen LogP contribution in [-0.2, 0) is 14.2 Å². The van der Waals surface area contributed by atoms with E-state index in [1.54, 1.807) is 13.5 Å². The molecule has 0 saturated heterocycles. The van der Waals surface area contributed by atoms with Crippen LogP contribution in [0.15, 0.2) is 0 Å². The molecule has 4 heteroatoms. The summed E-state index contributed by atoms with van der Waals surface area (Å²) in [6, 6.07) is 0. The number of hydrogen-bond donors (Lipinski definition) is 1. The molecule has 2 atom stereocenters. The largest absolute Gasteiger partial charge is 0.391 e. The van der Waals surface area contributed by atoms with Crippen molar-refractivity contribution in [3.63, 3.8) is 0 Å². The minimum absolute atomic E-state index is 0.00536. The van der Waals surface area contributed by atoms with Crippen LogP contribution in [0, 0.1) is 6.61 Å². The van der Waals surface area contributed by atoms with Crippen molar-refractivity contribution >= 4 is 0 Å². The Kier molecular flexibility index (Phi) is 9.29. The third-order valence-corrected chi connectivity index (χ3v) is 1.43. The Morgan fingerprint density at radius 2 is 1.93 bits per heavy atom. The number of rotatable bonds is 9. The van der Waals surface area contributed by atoms with Gasteiger partial charge in [-0.1, -0.05) is 0 Å². The van der Waals surface area contributed by atoms with Gasteiger partial charge in [-0.3, -0.25) is 0 Å². The zero-order valence-electron chi connectivity index (χ0n) is 9.23. The molecule has 14 heavy (non-hydrogen) atoms. The molecular formula is C10H21O4. The molecule has 0 aliphatic carbocycles. The molecule has 85 valence electrons. The second-order valence-corrected chi connectivity index (χ2v) is 3.16. The van der Waals surface area contributed by atoms with Gasteiger partial charge >= 0.3 is 0 Å². The van der Waals surface area contributed by atoms with Crippen molar-refractivity contribution < 1.29 is 19.3 Å². The third-order valence-electron chi connectivity index (χ3n) is 1.43. The van der Waals surface area contributed by atoms with Crippen molar-refractivity contribution in [2.24, 2.45) is 0 Å². The highest BCUT2D eigenvalue weighted by Gasteiger charge is 2.03. The van der Waals surface area contributed by atoms with Crippen molar-refractivity contribution in [2.75, 3.05) is 26.4 Å². The summed E-state index contributed by atoms with van der Waals surface area (Å²) in [5.74, 6) is 0. The van der Waals surface area contributed by atoms with Gasteiger partial charge < -0.3 is 19.3 Å². The minimum atomic E-state index is -0.422. The highest BCUT2D eigenvalue weighted by Crippen LogP contribution is 1.96.